The molecule has 0 atom stereocenters. The summed E-state index contributed by atoms with van der Waals surface area (Å²) in [5.41, 5.74) is 4.65. The van der Waals surface area contributed by atoms with Crippen molar-refractivity contribution in [3.63, 3.8) is 0 Å². The van der Waals surface area contributed by atoms with E-state index in [9.17, 15) is 0 Å². The highest BCUT2D eigenvalue weighted by Crippen LogP contribution is 2.36. The molecule has 0 aliphatic rings. The van der Waals surface area contributed by atoms with Gasteiger partial charge in [0.15, 0.2) is 11.5 Å². The lowest BCUT2D eigenvalue weighted by Gasteiger charge is -2.14. The van der Waals surface area contributed by atoms with Gasteiger partial charge < -0.3 is 14.9 Å². The predicted molar refractivity (Wildman–Crippen MR) is 112 cm³/mol. The molecule has 0 aliphatic carbocycles. The SMILES string of the molecule is CCCOc1c(Br)cc(/C=N\NCc2c(Cl)cccc2Cl)cc1OCC. The first-order chi connectivity index (χ1) is 12.6. The van der Waals surface area contributed by atoms with Crippen molar-refractivity contribution < 1.29 is 9.47 Å². The van der Waals surface area contributed by atoms with Crippen LogP contribution in [0.5, 0.6) is 11.5 Å². The van der Waals surface area contributed by atoms with Gasteiger partial charge in [-0.2, -0.15) is 5.10 Å². The van der Waals surface area contributed by atoms with Crippen LogP contribution in [0.3, 0.4) is 0 Å². The van der Waals surface area contributed by atoms with Crippen molar-refractivity contribution in [2.75, 3.05) is 13.2 Å². The van der Waals surface area contributed by atoms with Crippen LogP contribution in [0.25, 0.3) is 0 Å². The Hall–Kier alpha value is -1.43. The summed E-state index contributed by atoms with van der Waals surface area (Å²) in [6, 6.07) is 9.24. The van der Waals surface area contributed by atoms with Crippen molar-refractivity contribution in [1.82, 2.24) is 5.43 Å². The van der Waals surface area contributed by atoms with E-state index in [1.54, 1.807) is 18.3 Å². The average Bonchev–Trinajstić information content (AvgIpc) is 2.60. The lowest BCUT2D eigenvalue weighted by atomic mass is 10.2. The fraction of sp³-hybridized carbons (Fsp3) is 0.316. The van der Waals surface area contributed by atoms with E-state index in [2.05, 4.69) is 33.4 Å². The van der Waals surface area contributed by atoms with E-state index in [4.69, 9.17) is 32.7 Å². The highest BCUT2D eigenvalue weighted by Gasteiger charge is 2.11. The van der Waals surface area contributed by atoms with Gasteiger partial charge in [0.05, 0.1) is 30.4 Å². The standard InChI is InChI=1S/C19H21BrCl2N2O2/c1-3-8-26-19-15(20)9-13(10-18(19)25-4-2)11-23-24-12-14-16(21)6-5-7-17(14)22/h5-7,9-11,24H,3-4,8,12H2,1-2H3/b23-11-. The van der Waals surface area contributed by atoms with Crippen molar-refractivity contribution in [3.05, 3.63) is 56.0 Å². The fourth-order valence-corrected chi connectivity index (χ4v) is 3.32. The van der Waals surface area contributed by atoms with Crippen LogP contribution in [0.15, 0.2) is 39.9 Å². The Balaban J connectivity index is 2.09. The summed E-state index contributed by atoms with van der Waals surface area (Å²) in [6.07, 6.45) is 2.64. The second-order valence-corrected chi connectivity index (χ2v) is 7.07. The first-order valence-electron chi connectivity index (χ1n) is 8.34. The quantitative estimate of drug-likeness (QED) is 0.365. The van der Waals surface area contributed by atoms with E-state index in [0.717, 1.165) is 22.0 Å². The molecule has 2 aromatic rings. The number of nitrogens with one attached hydrogen (secondary N) is 1. The smallest absolute Gasteiger partial charge is 0.175 e. The molecule has 0 unspecified atom stereocenters. The minimum atomic E-state index is 0.437. The van der Waals surface area contributed by atoms with Crippen molar-refractivity contribution >= 4 is 45.3 Å². The first kappa shape index (κ1) is 20.9. The van der Waals surface area contributed by atoms with Gasteiger partial charge in [0, 0.05) is 15.6 Å². The van der Waals surface area contributed by atoms with Gasteiger partial charge in [0.1, 0.15) is 0 Å². The topological polar surface area (TPSA) is 42.8 Å². The Kier molecular flexibility index (Phi) is 8.55. The molecule has 7 heteroatoms. The minimum absolute atomic E-state index is 0.437. The van der Waals surface area contributed by atoms with Gasteiger partial charge in [-0.15, -0.1) is 0 Å². The molecule has 0 radical (unpaired) electrons. The van der Waals surface area contributed by atoms with Gasteiger partial charge in [0.2, 0.25) is 0 Å². The van der Waals surface area contributed by atoms with E-state index in [-0.39, 0.29) is 0 Å². The maximum Gasteiger partial charge on any atom is 0.175 e. The van der Waals surface area contributed by atoms with Gasteiger partial charge in [0.25, 0.3) is 0 Å². The molecule has 140 valence electrons. The molecule has 0 aromatic heterocycles. The van der Waals surface area contributed by atoms with Gasteiger partial charge in [-0.3, -0.25) is 0 Å². The van der Waals surface area contributed by atoms with Crippen LogP contribution >= 0.6 is 39.1 Å². The zero-order valence-electron chi connectivity index (χ0n) is 14.7. The summed E-state index contributed by atoms with van der Waals surface area (Å²) in [5, 5.41) is 5.46. The Morgan fingerprint density at radius 1 is 1.15 bits per heavy atom. The van der Waals surface area contributed by atoms with Crippen LogP contribution in [-0.2, 0) is 6.54 Å². The summed E-state index contributed by atoms with van der Waals surface area (Å²) in [6.45, 7) is 5.62. The number of benzene rings is 2. The molecular weight excluding hydrogens is 439 g/mol. The number of rotatable bonds is 9. The van der Waals surface area contributed by atoms with Crippen molar-refractivity contribution in [2.45, 2.75) is 26.8 Å². The largest absolute Gasteiger partial charge is 0.490 e. The van der Waals surface area contributed by atoms with Crippen LogP contribution in [-0.4, -0.2) is 19.4 Å². The maximum atomic E-state index is 6.15. The van der Waals surface area contributed by atoms with Crippen molar-refractivity contribution in [1.29, 1.82) is 0 Å². The van der Waals surface area contributed by atoms with Gasteiger partial charge >= 0.3 is 0 Å². The summed E-state index contributed by atoms with van der Waals surface area (Å²) in [4.78, 5) is 0. The molecule has 0 saturated carbocycles. The molecule has 0 amide bonds. The summed E-state index contributed by atoms with van der Waals surface area (Å²) in [5.74, 6) is 1.40. The molecule has 1 N–H and O–H groups in total. The Morgan fingerprint density at radius 2 is 1.88 bits per heavy atom. The van der Waals surface area contributed by atoms with E-state index < -0.39 is 0 Å². The normalized spacial score (nSPS) is 11.0. The molecule has 4 nitrogen and oxygen atoms in total. The molecule has 0 bridgehead atoms. The molecule has 26 heavy (non-hydrogen) atoms. The average molecular weight is 460 g/mol. The molecular formula is C19H21BrCl2N2O2. The van der Waals surface area contributed by atoms with E-state index in [0.29, 0.717) is 41.3 Å². The summed E-state index contributed by atoms with van der Waals surface area (Å²) >= 11 is 15.8. The second kappa shape index (κ2) is 10.7. The zero-order chi connectivity index (χ0) is 18.9. The van der Waals surface area contributed by atoms with E-state index >= 15 is 0 Å². The zero-order valence-corrected chi connectivity index (χ0v) is 17.8. The summed E-state index contributed by atoms with van der Waals surface area (Å²) in [7, 11) is 0. The maximum absolute atomic E-state index is 6.15. The number of hydrogen-bond donors (Lipinski definition) is 1. The molecule has 2 rings (SSSR count). The van der Waals surface area contributed by atoms with Gasteiger partial charge in [-0.05, 0) is 59.1 Å². The van der Waals surface area contributed by atoms with Crippen LogP contribution in [0.1, 0.15) is 31.4 Å². The first-order valence-corrected chi connectivity index (χ1v) is 9.89. The van der Waals surface area contributed by atoms with Crippen LogP contribution in [0.4, 0.5) is 0 Å². The Labute approximate surface area is 172 Å². The summed E-state index contributed by atoms with van der Waals surface area (Å²) < 4.78 is 12.3. The fourth-order valence-electron chi connectivity index (χ4n) is 2.22. The highest BCUT2D eigenvalue weighted by atomic mass is 79.9. The number of halogens is 3. The lowest BCUT2D eigenvalue weighted by molar-refractivity contribution is 0.275. The van der Waals surface area contributed by atoms with Crippen LogP contribution < -0.4 is 14.9 Å². The number of hydrazone groups is 1. The number of hydrogen-bond acceptors (Lipinski definition) is 4. The second-order valence-electron chi connectivity index (χ2n) is 5.40. The number of ether oxygens (including phenoxy) is 2. The lowest BCUT2D eigenvalue weighted by Crippen LogP contribution is -2.07. The Morgan fingerprint density at radius 3 is 2.54 bits per heavy atom. The molecule has 0 aliphatic heterocycles. The van der Waals surface area contributed by atoms with Crippen LogP contribution in [0, 0.1) is 0 Å². The molecule has 2 aromatic carbocycles. The third kappa shape index (κ3) is 5.79. The van der Waals surface area contributed by atoms with Gasteiger partial charge in [-0.25, -0.2) is 0 Å². The minimum Gasteiger partial charge on any atom is -0.490 e. The third-order valence-electron chi connectivity index (χ3n) is 3.40. The van der Waals surface area contributed by atoms with Crippen LogP contribution in [0.2, 0.25) is 10.0 Å². The van der Waals surface area contributed by atoms with Gasteiger partial charge in [-0.1, -0.05) is 36.2 Å². The molecule has 0 spiro atoms. The third-order valence-corrected chi connectivity index (χ3v) is 4.70. The Bertz CT molecular complexity index is 749. The van der Waals surface area contributed by atoms with E-state index in [1.807, 2.05) is 25.1 Å². The monoisotopic (exact) mass is 458 g/mol. The number of nitrogens with zero attached hydrogens (tertiary/aromatic N) is 1. The van der Waals surface area contributed by atoms with Crippen molar-refractivity contribution in [3.8, 4) is 11.5 Å². The predicted octanol–water partition coefficient (Wildman–Crippen LogP) is 6.07. The highest BCUT2D eigenvalue weighted by molar-refractivity contribution is 9.10. The molecule has 0 fully saturated rings. The molecule has 0 heterocycles. The molecule has 0 saturated heterocycles. The van der Waals surface area contributed by atoms with Crippen molar-refractivity contribution in [2.24, 2.45) is 5.10 Å². The van der Waals surface area contributed by atoms with E-state index in [1.165, 1.54) is 0 Å².